The molecule has 2 aliphatic rings. The molecule has 13 heteroatoms. The summed E-state index contributed by atoms with van der Waals surface area (Å²) in [6, 6.07) is 16.4. The zero-order chi connectivity index (χ0) is 36.2. The number of ketones is 1. The number of nitrogens with two attached hydrogens (primary N) is 1. The third kappa shape index (κ3) is 6.29. The van der Waals surface area contributed by atoms with E-state index in [1.54, 1.807) is 68.4 Å². The maximum Gasteiger partial charge on any atom is 0.329 e. The number of carbonyl (C=O) groups is 3. The van der Waals surface area contributed by atoms with Crippen molar-refractivity contribution in [2.45, 2.75) is 64.1 Å². The van der Waals surface area contributed by atoms with Gasteiger partial charge in [-0.05, 0) is 115 Å². The zero-order valence-corrected chi connectivity index (χ0v) is 29.1. The number of nitrogens with one attached hydrogen (secondary N) is 2. The quantitative estimate of drug-likeness (QED) is 0.117. The number of ether oxygens (including phenoxy) is 2. The first-order valence-corrected chi connectivity index (χ1v) is 16.9. The van der Waals surface area contributed by atoms with Crippen LogP contribution in [0.5, 0.6) is 17.2 Å². The molecule has 1 saturated carbocycles. The number of hydrogen-bond acceptors (Lipinski definition) is 8. The number of halogens is 1. The van der Waals surface area contributed by atoms with Gasteiger partial charge in [0.2, 0.25) is 5.78 Å². The van der Waals surface area contributed by atoms with Crippen LogP contribution >= 0.6 is 0 Å². The monoisotopic (exact) mass is 693 g/mol. The minimum atomic E-state index is -1.09. The third-order valence-electron chi connectivity index (χ3n) is 9.72. The van der Waals surface area contributed by atoms with Gasteiger partial charge in [0.1, 0.15) is 22.9 Å². The second-order valence-corrected chi connectivity index (χ2v) is 14.0. The largest absolute Gasteiger partial charge is 0.488 e. The maximum atomic E-state index is 14.2. The van der Waals surface area contributed by atoms with Gasteiger partial charge in [0.25, 0.3) is 5.91 Å². The number of hydrogen-bond donors (Lipinski definition) is 3. The molecule has 1 aliphatic carbocycles. The van der Waals surface area contributed by atoms with Crippen molar-refractivity contribution in [1.29, 1.82) is 0 Å². The summed E-state index contributed by atoms with van der Waals surface area (Å²) in [5.74, 6) is -0.189. The van der Waals surface area contributed by atoms with Crippen molar-refractivity contribution >= 4 is 40.1 Å². The minimum Gasteiger partial charge on any atom is -0.488 e. The summed E-state index contributed by atoms with van der Waals surface area (Å²) in [5.41, 5.74) is 7.96. The molecule has 51 heavy (non-hydrogen) atoms. The number of aromatic amines is 1. The van der Waals surface area contributed by atoms with Crippen LogP contribution in [0.15, 0.2) is 66.9 Å². The molecule has 0 spiro atoms. The highest BCUT2D eigenvalue weighted by molar-refractivity contribution is 6.24. The summed E-state index contributed by atoms with van der Waals surface area (Å²) < 4.78 is 27.9. The van der Waals surface area contributed by atoms with Crippen LogP contribution in [0.2, 0.25) is 0 Å². The number of nitrogen functional groups attached to an aromatic ring is 1. The Morgan fingerprint density at radius 2 is 1.75 bits per heavy atom. The zero-order valence-electron chi connectivity index (χ0n) is 29.1. The van der Waals surface area contributed by atoms with Gasteiger partial charge in [0.15, 0.2) is 11.6 Å². The lowest BCUT2D eigenvalue weighted by molar-refractivity contribution is -0.121. The standard InChI is InChI=1S/C38H40FN7O5/c1-21-16-24(12-15-31(21)51-32-9-7-6-8-27(32)39)46-35(40)26(20-41-46)34(47)29-17-22-18-33(50-25-13-10-23(11-14-25)44(4)5)30(19-28(22)42-29)45-36(48)38(2,3)43-37(45)49/h6-9,12,15-20,23,25,42H,10-11,13-14,40H2,1-5H3,(H,43,49). The number of aryl methyl sites for hydroxylation is 1. The molecule has 12 nitrogen and oxygen atoms in total. The SMILES string of the molecule is Cc1cc(-n2ncc(C(=O)c3cc4cc(OC5CCC(N(C)C)CC5)c(N5C(=O)NC(C)(C)C5=O)cc4[nH]3)c2N)ccc1Oc1ccccc1F. The molecule has 0 atom stereocenters. The summed E-state index contributed by atoms with van der Waals surface area (Å²) in [5, 5.41) is 7.80. The van der Waals surface area contributed by atoms with Gasteiger partial charge in [0, 0.05) is 16.9 Å². The Morgan fingerprint density at radius 3 is 2.41 bits per heavy atom. The Morgan fingerprint density at radius 1 is 1.00 bits per heavy atom. The molecule has 3 aromatic carbocycles. The Bertz CT molecular complexity index is 2180. The molecule has 1 saturated heterocycles. The Kier molecular flexibility index (Phi) is 8.54. The first kappa shape index (κ1) is 33.8. The van der Waals surface area contributed by atoms with Crippen LogP contribution in [0.3, 0.4) is 0 Å². The fourth-order valence-electron chi connectivity index (χ4n) is 6.78. The van der Waals surface area contributed by atoms with E-state index in [1.807, 2.05) is 6.92 Å². The van der Waals surface area contributed by atoms with Gasteiger partial charge in [-0.3, -0.25) is 9.59 Å². The van der Waals surface area contributed by atoms with Crippen molar-refractivity contribution in [1.82, 2.24) is 25.0 Å². The van der Waals surface area contributed by atoms with Crippen molar-refractivity contribution in [3.8, 4) is 22.9 Å². The van der Waals surface area contributed by atoms with E-state index in [0.29, 0.717) is 45.4 Å². The minimum absolute atomic E-state index is 0.0966. The molecule has 0 radical (unpaired) electrons. The maximum absolute atomic E-state index is 14.2. The number of amides is 3. The fourth-order valence-corrected chi connectivity index (χ4v) is 6.78. The fraction of sp³-hybridized carbons (Fsp3) is 0.316. The van der Waals surface area contributed by atoms with Crippen molar-refractivity contribution in [2.24, 2.45) is 0 Å². The molecule has 1 aliphatic heterocycles. The molecule has 3 amide bonds. The number of rotatable bonds is 9. The lowest BCUT2D eigenvalue weighted by atomic mass is 9.92. The van der Waals surface area contributed by atoms with Crippen LogP contribution in [0, 0.1) is 12.7 Å². The molecule has 264 valence electrons. The Balaban J connectivity index is 1.18. The van der Waals surface area contributed by atoms with Gasteiger partial charge >= 0.3 is 6.03 Å². The number of aromatic nitrogens is 3. The highest BCUT2D eigenvalue weighted by Crippen LogP contribution is 2.39. The summed E-state index contributed by atoms with van der Waals surface area (Å²) in [7, 11) is 4.15. The average molecular weight is 694 g/mol. The van der Waals surface area contributed by atoms with E-state index in [4.69, 9.17) is 15.2 Å². The number of benzene rings is 3. The highest BCUT2D eigenvalue weighted by Gasteiger charge is 2.46. The number of fused-ring (bicyclic) bond motifs is 1. The smallest absolute Gasteiger partial charge is 0.329 e. The number of H-pyrrole nitrogens is 1. The van der Waals surface area contributed by atoms with E-state index in [-0.39, 0.29) is 28.9 Å². The molecule has 4 N–H and O–H groups in total. The molecule has 0 bridgehead atoms. The molecular weight excluding hydrogens is 653 g/mol. The molecule has 5 aromatic rings. The second-order valence-electron chi connectivity index (χ2n) is 14.0. The molecule has 2 aromatic heterocycles. The first-order chi connectivity index (χ1) is 24.3. The van der Waals surface area contributed by atoms with Crippen LogP contribution in [0.1, 0.15) is 61.1 Å². The van der Waals surface area contributed by atoms with Crippen molar-refractivity contribution < 1.29 is 28.2 Å². The summed E-state index contributed by atoms with van der Waals surface area (Å²) >= 11 is 0. The van der Waals surface area contributed by atoms with E-state index in [0.717, 1.165) is 30.6 Å². The average Bonchev–Trinajstić information content (AvgIpc) is 3.74. The normalized spacial score (nSPS) is 18.8. The number of anilines is 2. The molecule has 7 rings (SSSR count). The van der Waals surface area contributed by atoms with E-state index >= 15 is 0 Å². The van der Waals surface area contributed by atoms with Crippen molar-refractivity contribution in [2.75, 3.05) is 24.7 Å². The number of para-hydroxylation sites is 1. The Labute approximate surface area is 294 Å². The predicted octanol–water partition coefficient (Wildman–Crippen LogP) is 6.49. The predicted molar refractivity (Wildman–Crippen MR) is 191 cm³/mol. The van der Waals surface area contributed by atoms with Crippen LogP contribution in [0.25, 0.3) is 16.6 Å². The van der Waals surface area contributed by atoms with E-state index < -0.39 is 29.1 Å². The summed E-state index contributed by atoms with van der Waals surface area (Å²) in [4.78, 5) is 46.9. The number of urea groups is 1. The summed E-state index contributed by atoms with van der Waals surface area (Å²) in [6.07, 6.45) is 4.89. The molecule has 2 fully saturated rings. The van der Waals surface area contributed by atoms with Gasteiger partial charge < -0.3 is 30.4 Å². The number of imide groups is 1. The molecule has 0 unspecified atom stereocenters. The van der Waals surface area contributed by atoms with E-state index in [2.05, 4.69) is 34.4 Å². The second kappa shape index (κ2) is 12.9. The van der Waals surface area contributed by atoms with Gasteiger partial charge in [0.05, 0.1) is 34.9 Å². The van der Waals surface area contributed by atoms with Gasteiger partial charge in [-0.25, -0.2) is 18.8 Å². The number of nitrogens with zero attached hydrogens (tertiary/aromatic N) is 4. The van der Waals surface area contributed by atoms with Gasteiger partial charge in [-0.2, -0.15) is 5.10 Å². The first-order valence-electron chi connectivity index (χ1n) is 16.9. The lowest BCUT2D eigenvalue weighted by Gasteiger charge is -2.33. The summed E-state index contributed by atoms with van der Waals surface area (Å²) in [6.45, 7) is 5.12. The van der Waals surface area contributed by atoms with Crippen LogP contribution in [0.4, 0.5) is 20.7 Å². The van der Waals surface area contributed by atoms with Crippen LogP contribution in [-0.2, 0) is 4.79 Å². The van der Waals surface area contributed by atoms with Crippen LogP contribution < -0.4 is 25.4 Å². The van der Waals surface area contributed by atoms with Crippen molar-refractivity contribution in [3.05, 3.63) is 89.5 Å². The van der Waals surface area contributed by atoms with Crippen LogP contribution in [-0.4, -0.2) is 69.2 Å². The van der Waals surface area contributed by atoms with E-state index in [9.17, 15) is 18.8 Å². The number of carbonyl (C=O) groups excluding carboxylic acids is 3. The van der Waals surface area contributed by atoms with Gasteiger partial charge in [-0.1, -0.05) is 12.1 Å². The lowest BCUT2D eigenvalue weighted by Crippen LogP contribution is -2.40. The van der Waals surface area contributed by atoms with Crippen molar-refractivity contribution in [3.63, 3.8) is 0 Å². The molecular formula is C38H40FN7O5. The third-order valence-corrected chi connectivity index (χ3v) is 9.72. The molecule has 3 heterocycles. The Hall–Kier alpha value is -5.69. The highest BCUT2D eigenvalue weighted by atomic mass is 19.1. The topological polar surface area (TPSA) is 148 Å². The van der Waals surface area contributed by atoms with Gasteiger partial charge in [-0.15, -0.1) is 0 Å². The van der Waals surface area contributed by atoms with E-state index in [1.165, 1.54) is 16.9 Å².